The van der Waals surface area contributed by atoms with Crippen molar-refractivity contribution in [3.05, 3.63) is 69.7 Å². The number of aromatic nitrogens is 2. The van der Waals surface area contributed by atoms with Crippen LogP contribution in [0.4, 0.5) is 27.8 Å². The molecule has 6 rings (SSSR count). The Balaban J connectivity index is 1.47. The van der Waals surface area contributed by atoms with E-state index in [2.05, 4.69) is 21.4 Å². The summed E-state index contributed by atoms with van der Waals surface area (Å²) in [6, 6.07) is 1.29. The largest absolute Gasteiger partial charge is 0.417 e. The summed E-state index contributed by atoms with van der Waals surface area (Å²) in [7, 11) is 0. The minimum absolute atomic E-state index is 0.0609. The van der Waals surface area contributed by atoms with Gasteiger partial charge in [-0.3, -0.25) is 19.2 Å². The van der Waals surface area contributed by atoms with Gasteiger partial charge in [0.15, 0.2) is 0 Å². The highest BCUT2D eigenvalue weighted by molar-refractivity contribution is 7.99. The SMILES string of the molecule is C=CC(=O)N1CCN(c2nc(=O)n3c4c(c(/C=C/C(Cl)=C(F)\C=C\F)c(C(F)(F)F)cc24)SCC3CN2CCN(C3CC3)CC2)CC1. The summed E-state index contributed by atoms with van der Waals surface area (Å²) in [6.07, 6.45) is 1.23. The van der Waals surface area contributed by atoms with E-state index in [1.807, 2.05) is 0 Å². The lowest BCUT2D eigenvalue weighted by atomic mass is 10.0. The van der Waals surface area contributed by atoms with Crippen molar-refractivity contribution >= 4 is 52.1 Å². The third-order valence-corrected chi connectivity index (χ3v) is 10.7. The summed E-state index contributed by atoms with van der Waals surface area (Å²) < 4.78 is 72.4. The Morgan fingerprint density at radius 1 is 1.09 bits per heavy atom. The zero-order chi connectivity index (χ0) is 33.5. The number of allylic oxidation sites excluding steroid dienone is 4. The van der Waals surface area contributed by atoms with Gasteiger partial charge in [0, 0.05) is 92.6 Å². The molecule has 1 atom stereocenters. The molecular formula is C32H34ClF5N6O2S. The number of anilines is 1. The van der Waals surface area contributed by atoms with Gasteiger partial charge < -0.3 is 9.80 Å². The van der Waals surface area contributed by atoms with Crippen molar-refractivity contribution in [2.75, 3.05) is 69.6 Å². The molecule has 15 heteroatoms. The number of alkyl halides is 3. The van der Waals surface area contributed by atoms with Crippen molar-refractivity contribution in [2.24, 2.45) is 0 Å². The fourth-order valence-corrected chi connectivity index (χ4v) is 7.99. The predicted molar refractivity (Wildman–Crippen MR) is 174 cm³/mol. The van der Waals surface area contributed by atoms with Crippen LogP contribution in [-0.2, 0) is 11.0 Å². The highest BCUT2D eigenvalue weighted by atomic mass is 35.5. The van der Waals surface area contributed by atoms with Gasteiger partial charge in [0.05, 0.1) is 28.5 Å². The maximum Gasteiger partial charge on any atom is 0.417 e. The number of carbonyl (C=O) groups excluding carboxylic acids is 1. The molecule has 252 valence electrons. The topological polar surface area (TPSA) is 64.9 Å². The quantitative estimate of drug-likeness (QED) is 0.203. The molecule has 1 amide bonds. The Kier molecular flexibility index (Phi) is 9.84. The third kappa shape index (κ3) is 7.01. The molecule has 47 heavy (non-hydrogen) atoms. The van der Waals surface area contributed by atoms with Crippen molar-refractivity contribution in [1.29, 1.82) is 0 Å². The van der Waals surface area contributed by atoms with Crippen molar-refractivity contribution < 1.29 is 26.7 Å². The minimum atomic E-state index is -4.83. The fraction of sp³-hybridized carbons (Fsp3) is 0.469. The van der Waals surface area contributed by atoms with E-state index in [9.17, 15) is 31.5 Å². The molecule has 3 fully saturated rings. The highest BCUT2D eigenvalue weighted by Gasteiger charge is 2.39. The molecule has 0 N–H and O–H groups in total. The highest BCUT2D eigenvalue weighted by Crippen LogP contribution is 2.47. The average Bonchev–Trinajstić information content (AvgIpc) is 3.91. The van der Waals surface area contributed by atoms with Gasteiger partial charge in [-0.2, -0.15) is 18.2 Å². The second-order valence-electron chi connectivity index (χ2n) is 12.0. The average molecular weight is 697 g/mol. The van der Waals surface area contributed by atoms with Crippen LogP contribution >= 0.6 is 23.4 Å². The number of amides is 1. The number of carbonyl (C=O) groups is 1. The van der Waals surface area contributed by atoms with Crippen molar-refractivity contribution in [1.82, 2.24) is 24.3 Å². The molecule has 1 unspecified atom stereocenters. The summed E-state index contributed by atoms with van der Waals surface area (Å²) in [5.41, 5.74) is -1.53. The number of hydrogen-bond donors (Lipinski definition) is 0. The molecule has 1 aliphatic carbocycles. The summed E-state index contributed by atoms with van der Waals surface area (Å²) in [5.74, 6) is -0.974. The Morgan fingerprint density at radius 3 is 2.40 bits per heavy atom. The number of thioether (sulfide) groups is 1. The van der Waals surface area contributed by atoms with Crippen LogP contribution in [0.15, 0.2) is 57.8 Å². The van der Waals surface area contributed by atoms with Crippen LogP contribution in [0, 0.1) is 0 Å². The van der Waals surface area contributed by atoms with Gasteiger partial charge in [-0.25, -0.2) is 13.6 Å². The van der Waals surface area contributed by atoms with E-state index in [0.717, 1.165) is 44.4 Å². The minimum Gasteiger partial charge on any atom is -0.352 e. The Hall–Kier alpha value is -3.20. The van der Waals surface area contributed by atoms with E-state index in [1.165, 1.54) is 35.2 Å². The summed E-state index contributed by atoms with van der Waals surface area (Å²) in [6.45, 7) is 8.63. The zero-order valence-electron chi connectivity index (χ0n) is 25.5. The molecule has 0 bridgehead atoms. The van der Waals surface area contributed by atoms with Gasteiger partial charge in [-0.05, 0) is 31.1 Å². The van der Waals surface area contributed by atoms with E-state index in [-0.39, 0.29) is 66.1 Å². The number of rotatable bonds is 8. The van der Waals surface area contributed by atoms with Gasteiger partial charge in [-0.1, -0.05) is 24.3 Å². The summed E-state index contributed by atoms with van der Waals surface area (Å²) in [5, 5.41) is -0.417. The van der Waals surface area contributed by atoms with Crippen LogP contribution in [0.2, 0.25) is 0 Å². The number of halogens is 6. The zero-order valence-corrected chi connectivity index (χ0v) is 27.1. The lowest BCUT2D eigenvalue weighted by molar-refractivity contribution is -0.137. The van der Waals surface area contributed by atoms with Crippen molar-refractivity contribution in [2.45, 2.75) is 36.0 Å². The first kappa shape index (κ1) is 33.7. The van der Waals surface area contributed by atoms with Gasteiger partial charge in [0.1, 0.15) is 11.6 Å². The van der Waals surface area contributed by atoms with Crippen molar-refractivity contribution in [3.8, 4) is 0 Å². The number of hydrogen-bond acceptors (Lipinski definition) is 7. The molecule has 1 saturated carbocycles. The van der Waals surface area contributed by atoms with E-state index in [0.29, 0.717) is 29.9 Å². The normalized spacial score (nSPS) is 22.0. The Labute approximate surface area is 277 Å². The second kappa shape index (κ2) is 13.7. The predicted octanol–water partition coefficient (Wildman–Crippen LogP) is 5.59. The molecule has 3 aliphatic heterocycles. The molecule has 1 aromatic heterocycles. The first-order chi connectivity index (χ1) is 22.5. The maximum absolute atomic E-state index is 14.7. The van der Waals surface area contributed by atoms with E-state index >= 15 is 0 Å². The summed E-state index contributed by atoms with van der Waals surface area (Å²) >= 11 is 7.15. The third-order valence-electron chi connectivity index (χ3n) is 9.11. The molecule has 2 saturated heterocycles. The Bertz CT molecular complexity index is 1710. The Morgan fingerprint density at radius 2 is 1.79 bits per heavy atom. The first-order valence-corrected chi connectivity index (χ1v) is 16.8. The molecule has 0 radical (unpaired) electrons. The molecule has 4 aliphatic rings. The molecule has 0 spiro atoms. The molecule has 4 heterocycles. The summed E-state index contributed by atoms with van der Waals surface area (Å²) in [4.78, 5) is 38.7. The van der Waals surface area contributed by atoms with Gasteiger partial charge >= 0.3 is 11.9 Å². The molecule has 1 aromatic carbocycles. The van der Waals surface area contributed by atoms with E-state index < -0.39 is 28.3 Å². The molecule has 8 nitrogen and oxygen atoms in total. The lowest BCUT2D eigenvalue weighted by Crippen LogP contribution is -2.50. The van der Waals surface area contributed by atoms with Crippen LogP contribution < -0.4 is 10.6 Å². The monoisotopic (exact) mass is 696 g/mol. The molecule has 2 aromatic rings. The van der Waals surface area contributed by atoms with Crippen LogP contribution in [0.3, 0.4) is 0 Å². The van der Waals surface area contributed by atoms with E-state index in [1.54, 1.807) is 9.80 Å². The molecular weight excluding hydrogens is 663 g/mol. The standard InChI is InChI=1S/C32H34ClF5N6O2S/c1-2-27(45)42-13-15-43(16-14-42)30-23-17-24(32(36,37)38)22(5-6-25(33)26(35)7-8-34)29-28(23)44(31(46)39-30)21(19-47-29)18-40-9-11-41(12-10-40)20-3-4-20/h2,5-8,17,20-21H,1,3-4,9-16,18-19H2/b6-5+,8-7+,26-25-. The second-order valence-corrected chi connectivity index (χ2v) is 13.5. The number of nitrogens with zero attached hydrogens (tertiary/aromatic N) is 6. The first-order valence-electron chi connectivity index (χ1n) is 15.5. The maximum atomic E-state index is 14.7. The lowest BCUT2D eigenvalue weighted by Gasteiger charge is -2.39. The van der Waals surface area contributed by atoms with E-state index in [4.69, 9.17) is 11.6 Å². The van der Waals surface area contributed by atoms with Gasteiger partial charge in [0.2, 0.25) is 5.91 Å². The van der Waals surface area contributed by atoms with Crippen LogP contribution in [0.25, 0.3) is 17.0 Å². The number of benzene rings is 1. The van der Waals surface area contributed by atoms with Crippen LogP contribution in [0.5, 0.6) is 0 Å². The van der Waals surface area contributed by atoms with Crippen LogP contribution in [-0.4, -0.2) is 101 Å². The number of piperazine rings is 2. The van der Waals surface area contributed by atoms with Crippen LogP contribution in [0.1, 0.15) is 30.0 Å². The van der Waals surface area contributed by atoms with Crippen molar-refractivity contribution in [3.63, 3.8) is 0 Å². The van der Waals surface area contributed by atoms with Gasteiger partial charge in [-0.15, -0.1) is 11.8 Å². The smallest absolute Gasteiger partial charge is 0.352 e. The fourth-order valence-electron chi connectivity index (χ4n) is 6.57. The van der Waals surface area contributed by atoms with Gasteiger partial charge in [0.25, 0.3) is 0 Å².